The summed E-state index contributed by atoms with van der Waals surface area (Å²) in [6.07, 6.45) is 20.6. The lowest BCUT2D eigenvalue weighted by Gasteiger charge is -2.51. The van der Waals surface area contributed by atoms with Crippen molar-refractivity contribution in [3.63, 3.8) is 0 Å². The van der Waals surface area contributed by atoms with Gasteiger partial charge in [0, 0.05) is 20.1 Å². The molecule has 1 amide bonds. The van der Waals surface area contributed by atoms with Crippen molar-refractivity contribution in [1.29, 1.82) is 0 Å². The van der Waals surface area contributed by atoms with E-state index in [-0.39, 0.29) is 25.2 Å². The fourth-order valence-corrected chi connectivity index (χ4v) is 6.90. The zero-order valence-corrected chi connectivity index (χ0v) is 33.8. The van der Waals surface area contributed by atoms with Crippen LogP contribution >= 0.6 is 0 Å². The summed E-state index contributed by atoms with van der Waals surface area (Å²) in [6, 6.07) is -0.829. The average Bonchev–Trinajstić information content (AvgIpc) is 3.10. The molecule has 2 fully saturated rings. The Labute approximate surface area is 316 Å². The van der Waals surface area contributed by atoms with Gasteiger partial charge in [-0.15, -0.1) is 0 Å². The molecule has 2 aliphatic rings. The summed E-state index contributed by atoms with van der Waals surface area (Å²) in [6.45, 7) is 13.0. The van der Waals surface area contributed by atoms with Gasteiger partial charge in [0.25, 0.3) is 0 Å². The maximum absolute atomic E-state index is 12.4. The molecule has 0 aromatic heterocycles. The monoisotopic (exact) mass is 744 g/mol. The van der Waals surface area contributed by atoms with Gasteiger partial charge in [0.2, 0.25) is 5.91 Å². The van der Waals surface area contributed by atoms with Crippen LogP contribution in [0.4, 0.5) is 0 Å². The summed E-state index contributed by atoms with van der Waals surface area (Å²) in [5, 5.41) is 12.6. The van der Waals surface area contributed by atoms with Gasteiger partial charge in [-0.3, -0.25) is 4.79 Å². The molecular weight excluding hydrogens is 666 g/mol. The highest BCUT2D eigenvalue weighted by Crippen LogP contribution is 2.35. The topological polar surface area (TPSA) is 131 Å². The Kier molecular flexibility index (Phi) is 25.3. The van der Waals surface area contributed by atoms with E-state index >= 15 is 0 Å². The third-order valence-corrected chi connectivity index (χ3v) is 9.98. The Morgan fingerprint density at radius 1 is 0.788 bits per heavy atom. The number of nitrogens with one attached hydrogen (secondary N) is 1. The number of rotatable bonds is 32. The van der Waals surface area contributed by atoms with E-state index in [0.29, 0.717) is 19.8 Å². The number of fused-ring (bicyclic) bond motifs is 1. The second-order valence-corrected chi connectivity index (χ2v) is 15.4. The molecule has 306 valence electrons. The molecule has 0 aliphatic carbocycles. The van der Waals surface area contributed by atoms with Gasteiger partial charge in [0.05, 0.1) is 19.8 Å². The van der Waals surface area contributed by atoms with Crippen LogP contribution in [0.2, 0.25) is 0 Å². The number of ether oxygens (including phenoxy) is 7. The lowest BCUT2D eigenvalue weighted by Crippen LogP contribution is -2.69. The molecule has 0 radical (unpaired) electrons. The normalized spacial score (nSPS) is 23.9. The predicted molar refractivity (Wildman–Crippen MR) is 203 cm³/mol. The number of carbonyl (C=O) groups is 2. The third-order valence-electron chi connectivity index (χ3n) is 9.98. The van der Waals surface area contributed by atoms with Crippen molar-refractivity contribution >= 4 is 11.9 Å². The Morgan fingerprint density at radius 3 is 1.83 bits per heavy atom. The molecule has 0 saturated carbocycles. The number of carbonyl (C=O) groups excluding carboxylic acids is 1. The van der Waals surface area contributed by atoms with Crippen LogP contribution in [0.5, 0.6) is 0 Å². The first-order valence-corrected chi connectivity index (χ1v) is 21.0. The molecule has 11 heteroatoms. The second-order valence-electron chi connectivity index (χ2n) is 15.4. The van der Waals surface area contributed by atoms with Gasteiger partial charge in [0.15, 0.2) is 18.2 Å². The first kappa shape index (κ1) is 46.8. The number of amides is 1. The van der Waals surface area contributed by atoms with Gasteiger partial charge < -0.3 is 43.6 Å². The van der Waals surface area contributed by atoms with Crippen LogP contribution in [0.1, 0.15) is 170 Å². The number of aliphatic carboxylic acids is 1. The van der Waals surface area contributed by atoms with E-state index in [4.69, 9.17) is 33.2 Å². The molecule has 2 saturated heterocycles. The fourth-order valence-electron chi connectivity index (χ4n) is 6.90. The highest BCUT2D eigenvalue weighted by atomic mass is 16.8. The van der Waals surface area contributed by atoms with E-state index in [2.05, 4.69) is 19.2 Å². The number of hydrogen-bond donors (Lipinski definition) is 2. The molecule has 2 N–H and O–H groups in total. The maximum atomic E-state index is 12.4. The van der Waals surface area contributed by atoms with Crippen LogP contribution in [-0.4, -0.2) is 98.7 Å². The van der Waals surface area contributed by atoms with Crippen molar-refractivity contribution in [3.8, 4) is 0 Å². The average molecular weight is 744 g/mol. The van der Waals surface area contributed by atoms with E-state index in [1.54, 1.807) is 13.8 Å². The zero-order chi connectivity index (χ0) is 38.0. The zero-order valence-electron chi connectivity index (χ0n) is 33.8. The van der Waals surface area contributed by atoms with Crippen LogP contribution < -0.4 is 5.32 Å². The number of unbranched alkanes of at least 4 members (excludes halogenated alkanes) is 18. The van der Waals surface area contributed by atoms with Gasteiger partial charge in [-0.1, -0.05) is 129 Å². The lowest BCUT2D eigenvalue weighted by atomic mass is 9.94. The van der Waals surface area contributed by atoms with Gasteiger partial charge in [-0.2, -0.15) is 0 Å². The Hall–Kier alpha value is -1.34. The largest absolute Gasteiger partial charge is 0.479 e. The fraction of sp³-hybridized carbons (Fsp3) is 0.951. The summed E-state index contributed by atoms with van der Waals surface area (Å²) in [7, 11) is 0. The summed E-state index contributed by atoms with van der Waals surface area (Å²) in [5.74, 6) is -2.38. The van der Waals surface area contributed by atoms with Crippen molar-refractivity contribution in [2.75, 3.05) is 33.0 Å². The van der Waals surface area contributed by atoms with Crippen molar-refractivity contribution in [2.24, 2.45) is 0 Å². The SMILES string of the molecule is CCCCCCCCCCCCOC[C@@H](CO[C@@H]1O[C@@H]2COC(C)(C)O[C@H]2[C@H](O[C@@H](C)C(=O)O)[C@H]1NC(C)=O)OCCCCCCCCCCCC. The summed E-state index contributed by atoms with van der Waals surface area (Å²) in [5.41, 5.74) is 0. The Bertz CT molecular complexity index is 920. The highest BCUT2D eigenvalue weighted by Gasteiger charge is 2.53. The van der Waals surface area contributed by atoms with Crippen molar-refractivity contribution in [1.82, 2.24) is 5.32 Å². The molecule has 2 aliphatic heterocycles. The molecule has 0 aromatic rings. The first-order chi connectivity index (χ1) is 25.1. The third kappa shape index (κ3) is 20.4. The number of carboxylic acid groups (broad SMARTS) is 1. The number of carboxylic acids is 1. The van der Waals surface area contributed by atoms with E-state index in [0.717, 1.165) is 25.7 Å². The van der Waals surface area contributed by atoms with Gasteiger partial charge in [-0.05, 0) is 33.6 Å². The van der Waals surface area contributed by atoms with E-state index < -0.39 is 48.5 Å². The van der Waals surface area contributed by atoms with Crippen LogP contribution in [0.15, 0.2) is 0 Å². The minimum Gasteiger partial charge on any atom is -0.479 e. The Morgan fingerprint density at radius 2 is 1.31 bits per heavy atom. The molecule has 52 heavy (non-hydrogen) atoms. The molecule has 2 rings (SSSR count). The number of hydrogen-bond acceptors (Lipinski definition) is 9. The van der Waals surface area contributed by atoms with Gasteiger partial charge >= 0.3 is 5.97 Å². The summed E-state index contributed by atoms with van der Waals surface area (Å²) in [4.78, 5) is 24.2. The molecule has 0 bridgehead atoms. The molecular formula is C41H77NO10. The molecule has 0 aromatic carbocycles. The quantitative estimate of drug-likeness (QED) is 0.0647. The molecule has 2 heterocycles. The summed E-state index contributed by atoms with van der Waals surface area (Å²) >= 11 is 0. The highest BCUT2D eigenvalue weighted by molar-refractivity contribution is 5.73. The minimum absolute atomic E-state index is 0.169. The van der Waals surface area contributed by atoms with E-state index in [1.165, 1.54) is 117 Å². The van der Waals surface area contributed by atoms with Crippen molar-refractivity contribution in [2.45, 2.75) is 219 Å². The summed E-state index contributed by atoms with van der Waals surface area (Å²) < 4.78 is 43.2. The molecule has 11 nitrogen and oxygen atoms in total. The second kappa shape index (κ2) is 28.1. The van der Waals surface area contributed by atoms with Crippen LogP contribution in [0.25, 0.3) is 0 Å². The Balaban J connectivity index is 1.94. The minimum atomic E-state index is -1.15. The lowest BCUT2D eigenvalue weighted by molar-refractivity contribution is -0.375. The van der Waals surface area contributed by atoms with Crippen LogP contribution in [-0.2, 0) is 42.7 Å². The van der Waals surface area contributed by atoms with Gasteiger partial charge in [-0.25, -0.2) is 4.79 Å². The van der Waals surface area contributed by atoms with Crippen LogP contribution in [0, 0.1) is 0 Å². The van der Waals surface area contributed by atoms with Crippen molar-refractivity contribution in [3.05, 3.63) is 0 Å². The molecule has 0 unspecified atom stereocenters. The standard InChI is InChI=1S/C41H77NO10/c1-7-9-11-13-15-17-19-21-23-25-27-46-29-34(47-28-26-24-22-20-18-16-14-12-10-8-2)30-48-40-36(42-33(4)43)38(50-32(3)39(44)45)37-35(51-40)31-49-41(5,6)52-37/h32,34-38,40H,7-31H2,1-6H3,(H,42,43)(H,44,45)/t32-,34-,35+,36+,37+,38+,40+/m0/s1. The van der Waals surface area contributed by atoms with E-state index in [1.807, 2.05) is 0 Å². The van der Waals surface area contributed by atoms with E-state index in [9.17, 15) is 14.7 Å². The van der Waals surface area contributed by atoms with Gasteiger partial charge in [0.1, 0.15) is 30.5 Å². The maximum Gasteiger partial charge on any atom is 0.332 e. The van der Waals surface area contributed by atoms with Crippen molar-refractivity contribution < 1.29 is 47.9 Å². The molecule has 0 spiro atoms. The smallest absolute Gasteiger partial charge is 0.332 e. The molecule has 7 atom stereocenters. The first-order valence-electron chi connectivity index (χ1n) is 21.0. The predicted octanol–water partition coefficient (Wildman–Crippen LogP) is 8.49. The van der Waals surface area contributed by atoms with Crippen LogP contribution in [0.3, 0.4) is 0 Å².